The highest BCUT2D eigenvalue weighted by Crippen LogP contribution is 2.58. The van der Waals surface area contributed by atoms with Crippen molar-refractivity contribution in [3.8, 4) is 11.6 Å². The molecule has 284 valence electrons. The monoisotopic (exact) mass is 750 g/mol. The number of rotatable bonds is 11. The first-order valence-corrected chi connectivity index (χ1v) is 21.6. The summed E-state index contributed by atoms with van der Waals surface area (Å²) in [6.07, 6.45) is 2.35. The number of aromatic nitrogens is 2. The molecule has 2 aromatic heterocycles. The maximum absolute atomic E-state index is 15.7. The zero-order valence-electron chi connectivity index (χ0n) is 32.4. The number of Topliss-reactive ketones (excluding diaryl/α,β-unsaturated/α-hetero) is 2. The summed E-state index contributed by atoms with van der Waals surface area (Å²) in [5.74, 6) is -1.04. The average Bonchev–Trinajstić information content (AvgIpc) is 3.56. The van der Waals surface area contributed by atoms with Crippen molar-refractivity contribution in [1.82, 2.24) is 15.5 Å². The normalized spacial score (nSPS) is 22.3. The van der Waals surface area contributed by atoms with Crippen LogP contribution >= 0.6 is 0 Å². The van der Waals surface area contributed by atoms with Crippen LogP contribution in [0.25, 0.3) is 5.76 Å². The lowest BCUT2D eigenvalue weighted by Gasteiger charge is -2.54. The third kappa shape index (κ3) is 6.23. The second-order valence-corrected chi connectivity index (χ2v) is 21.0. The molecule has 0 radical (unpaired) electrons. The zero-order chi connectivity index (χ0) is 38.6. The van der Waals surface area contributed by atoms with Crippen LogP contribution in [-0.4, -0.2) is 61.4 Å². The molecule has 2 heterocycles. The molecule has 0 aliphatic heterocycles. The smallest absolute Gasteiger partial charge is 0.265 e. The third-order valence-corrected chi connectivity index (χ3v) is 16.0. The number of fused-ring (bicyclic) bond motifs is 4. The summed E-state index contributed by atoms with van der Waals surface area (Å²) in [5, 5.41) is 19.9. The van der Waals surface area contributed by atoms with Gasteiger partial charge in [0.15, 0.2) is 19.7 Å². The van der Waals surface area contributed by atoms with Gasteiger partial charge < -0.3 is 33.7 Å². The number of hydrogen-bond acceptors (Lipinski definition) is 11. The van der Waals surface area contributed by atoms with Crippen molar-refractivity contribution in [3.63, 3.8) is 0 Å². The van der Waals surface area contributed by atoms with E-state index in [4.69, 9.17) is 23.4 Å². The van der Waals surface area contributed by atoms with Gasteiger partial charge in [-0.15, -0.1) is 0 Å². The Morgan fingerprint density at radius 2 is 1.59 bits per heavy atom. The molecule has 0 saturated heterocycles. The topological polar surface area (TPSA) is 136 Å². The Labute approximate surface area is 317 Å². The summed E-state index contributed by atoms with van der Waals surface area (Å²) in [6, 6.07) is 18.7. The van der Waals surface area contributed by atoms with Gasteiger partial charge in [-0.1, -0.05) is 88.4 Å². The van der Waals surface area contributed by atoms with Crippen LogP contribution < -0.4 is 19.7 Å². The van der Waals surface area contributed by atoms with E-state index in [0.29, 0.717) is 42.3 Å². The van der Waals surface area contributed by atoms with Gasteiger partial charge in [-0.2, -0.15) is 0 Å². The fraction of sp³-hybridized carbons (Fsp3) is 0.429. The number of pyridine rings is 1. The fourth-order valence-corrected chi connectivity index (χ4v) is 9.39. The number of aliphatic hydroxyl groups is 1. The first-order chi connectivity index (χ1) is 25.7. The predicted octanol–water partition coefficient (Wildman–Crippen LogP) is 7.63. The molecular formula is C42H50N4O7Si. The van der Waals surface area contributed by atoms with Gasteiger partial charge in [0.05, 0.1) is 17.8 Å². The Bertz CT molecular complexity index is 2090. The van der Waals surface area contributed by atoms with Crippen LogP contribution in [-0.2, 0) is 28.9 Å². The molecule has 3 aliphatic rings. The summed E-state index contributed by atoms with van der Waals surface area (Å²) < 4.78 is 25.7. The first kappa shape index (κ1) is 37.5. The molecule has 0 amide bonds. The van der Waals surface area contributed by atoms with Crippen LogP contribution in [0.2, 0.25) is 18.1 Å². The number of carbonyl (C=O) groups is 2. The highest BCUT2D eigenvalue weighted by molar-refractivity contribution is 6.74. The summed E-state index contributed by atoms with van der Waals surface area (Å²) in [5.41, 5.74) is 1.30. The van der Waals surface area contributed by atoms with Crippen molar-refractivity contribution in [2.45, 2.75) is 83.5 Å². The molecule has 1 saturated carbocycles. The number of aliphatic hydroxyl groups excluding tert-OH is 1. The maximum atomic E-state index is 15.7. The van der Waals surface area contributed by atoms with E-state index in [1.165, 1.54) is 0 Å². The highest BCUT2D eigenvalue weighted by atomic mass is 28.4. The number of anilines is 1. The van der Waals surface area contributed by atoms with Crippen molar-refractivity contribution in [3.05, 3.63) is 106 Å². The summed E-state index contributed by atoms with van der Waals surface area (Å²) in [6.45, 7) is 13.2. The molecule has 2 N–H and O–H groups in total. The molecule has 2 aromatic carbocycles. The molecule has 0 bridgehead atoms. The van der Waals surface area contributed by atoms with Gasteiger partial charge in [0.2, 0.25) is 11.6 Å². The van der Waals surface area contributed by atoms with E-state index in [1.807, 2.05) is 99.7 Å². The lowest BCUT2D eigenvalue weighted by atomic mass is 9.57. The SMILES string of the molecule is CCN[C@@H]1c2onc(OCc3ccccc3)c2C(=O)[C@@]2(O[Si](C)(C)C(C)(C)C)C(=O)C3=C(O)c4c(OCc5ccccc5)cnc(N(C)C)c4C[C@H]3C[C@@H]12. The number of ketones is 2. The van der Waals surface area contributed by atoms with Crippen LogP contribution in [0.4, 0.5) is 5.82 Å². The van der Waals surface area contributed by atoms with Crippen molar-refractivity contribution < 1.29 is 33.1 Å². The zero-order valence-corrected chi connectivity index (χ0v) is 33.4. The van der Waals surface area contributed by atoms with E-state index in [2.05, 4.69) is 31.2 Å². The lowest BCUT2D eigenvalue weighted by Crippen LogP contribution is -2.68. The van der Waals surface area contributed by atoms with E-state index >= 15 is 9.59 Å². The summed E-state index contributed by atoms with van der Waals surface area (Å²) in [4.78, 5) is 37.8. The Kier molecular flexibility index (Phi) is 9.82. The number of hydrogen-bond donors (Lipinski definition) is 2. The summed E-state index contributed by atoms with van der Waals surface area (Å²) >= 11 is 0. The predicted molar refractivity (Wildman–Crippen MR) is 208 cm³/mol. The molecule has 7 rings (SSSR count). The van der Waals surface area contributed by atoms with Crippen molar-refractivity contribution in [2.75, 3.05) is 25.5 Å². The van der Waals surface area contributed by atoms with Gasteiger partial charge in [-0.05, 0) is 59.7 Å². The quantitative estimate of drug-likeness (QED) is 0.116. The van der Waals surface area contributed by atoms with Crippen LogP contribution in [0.1, 0.15) is 78.5 Å². The lowest BCUT2D eigenvalue weighted by molar-refractivity contribution is -0.138. The Hall–Kier alpha value is -4.78. The van der Waals surface area contributed by atoms with Gasteiger partial charge in [-0.3, -0.25) is 9.59 Å². The van der Waals surface area contributed by atoms with E-state index in [0.717, 1.165) is 16.7 Å². The molecule has 54 heavy (non-hydrogen) atoms. The van der Waals surface area contributed by atoms with Crippen LogP contribution in [0.5, 0.6) is 11.6 Å². The highest BCUT2D eigenvalue weighted by Gasteiger charge is 2.68. The molecule has 11 nitrogen and oxygen atoms in total. The molecule has 0 spiro atoms. The molecular weight excluding hydrogens is 701 g/mol. The molecule has 3 aliphatic carbocycles. The van der Waals surface area contributed by atoms with E-state index in [-0.39, 0.29) is 41.0 Å². The van der Waals surface area contributed by atoms with Gasteiger partial charge in [0.1, 0.15) is 36.1 Å². The second kappa shape index (κ2) is 14.1. The first-order valence-electron chi connectivity index (χ1n) is 18.7. The Morgan fingerprint density at radius 3 is 2.19 bits per heavy atom. The summed E-state index contributed by atoms with van der Waals surface area (Å²) in [7, 11) is 0.923. The average molecular weight is 751 g/mol. The maximum Gasteiger partial charge on any atom is 0.265 e. The van der Waals surface area contributed by atoms with Gasteiger partial charge in [0, 0.05) is 31.1 Å². The second-order valence-electron chi connectivity index (χ2n) is 16.3. The molecule has 1 fully saturated rings. The number of nitrogens with zero attached hydrogens (tertiary/aromatic N) is 3. The van der Waals surface area contributed by atoms with E-state index in [1.54, 1.807) is 6.20 Å². The van der Waals surface area contributed by atoms with Crippen molar-refractivity contribution >= 4 is 31.5 Å². The van der Waals surface area contributed by atoms with E-state index in [9.17, 15) is 5.11 Å². The molecule has 12 heteroatoms. The van der Waals surface area contributed by atoms with Crippen LogP contribution in [0.15, 0.2) is 77.0 Å². The Morgan fingerprint density at radius 1 is 0.963 bits per heavy atom. The van der Waals surface area contributed by atoms with Gasteiger partial charge in [-0.25, -0.2) is 4.98 Å². The van der Waals surface area contributed by atoms with Crippen molar-refractivity contribution in [1.29, 1.82) is 0 Å². The fourth-order valence-electron chi connectivity index (χ4n) is 7.94. The number of nitrogens with one attached hydrogen (secondary N) is 1. The van der Waals surface area contributed by atoms with E-state index < -0.39 is 43.4 Å². The molecule has 4 atom stereocenters. The van der Waals surface area contributed by atoms with Gasteiger partial charge >= 0.3 is 0 Å². The van der Waals surface area contributed by atoms with Crippen molar-refractivity contribution in [2.24, 2.45) is 11.8 Å². The number of carbonyl (C=O) groups excluding carboxylic acids is 2. The minimum atomic E-state index is -2.88. The number of benzene rings is 2. The molecule has 0 unspecified atom stereocenters. The Balaban J connectivity index is 1.40. The largest absolute Gasteiger partial charge is 0.507 e. The minimum absolute atomic E-state index is 0.0128. The third-order valence-electron chi connectivity index (χ3n) is 11.6. The molecule has 4 aromatic rings. The number of ether oxygens (including phenoxy) is 2. The van der Waals surface area contributed by atoms with Crippen LogP contribution in [0, 0.1) is 11.8 Å². The minimum Gasteiger partial charge on any atom is -0.507 e. The van der Waals surface area contributed by atoms with Crippen LogP contribution in [0.3, 0.4) is 0 Å². The standard InChI is InChI=1S/C42H50N4O7Si/c1-9-43-34-29-21-27-20-28-32(30(22-44-39(28)46(5)6)50-23-25-16-12-10-13-17-25)35(47)31(27)37(48)42(29,53-54(7,8)41(2,3)4)38(49)33-36(34)52-45-40(33)51-24-26-18-14-11-15-19-26/h10-19,22,27,29,34,43,47H,9,20-21,23-24H2,1-8H3/t27-,29-,34-,42-/m0/s1. The van der Waals surface area contributed by atoms with Gasteiger partial charge in [0.25, 0.3) is 5.88 Å².